The van der Waals surface area contributed by atoms with Crippen LogP contribution in [0.15, 0.2) is 60.7 Å². The van der Waals surface area contributed by atoms with Crippen molar-refractivity contribution in [1.29, 1.82) is 0 Å². The highest BCUT2D eigenvalue weighted by Gasteiger charge is 2.45. The number of carbonyl (C=O) groups excluding carboxylic acids is 4. The summed E-state index contributed by atoms with van der Waals surface area (Å²) in [5, 5.41) is 3.80. The molecule has 0 fully saturated rings. The second kappa shape index (κ2) is 30.6. The van der Waals surface area contributed by atoms with Gasteiger partial charge in [-0.1, -0.05) is 168 Å². The van der Waals surface area contributed by atoms with Crippen LogP contribution in [0.3, 0.4) is 0 Å². The SMILES string of the molecule is CCCCC(CC)Cc1sc(-c2c3cc(-c4sc(-c5ccc(-c6ccc(-c7ccc(-c8sc(C)c9c8C(=O)N(CC(CC)CCCC)C9=O)s7)c(F)c6F)s5)c5c4C(=O)N(CC(CC)CCCC)C5=O)sc3c(-c3cc(Cl)c(CC(CC)CCCC)s3)c3cc(C)sc23)cc1Cl. The normalized spacial score (nSPS) is 14.6. The van der Waals surface area contributed by atoms with Crippen LogP contribution in [0.2, 0.25) is 10.0 Å². The summed E-state index contributed by atoms with van der Waals surface area (Å²) in [6, 6.07) is 19.4. The van der Waals surface area contributed by atoms with Crippen molar-refractivity contribution in [1.82, 2.24) is 9.80 Å². The fourth-order valence-electron chi connectivity index (χ4n) is 14.2. The van der Waals surface area contributed by atoms with Crippen LogP contribution in [0, 0.1) is 49.2 Å². The summed E-state index contributed by atoms with van der Waals surface area (Å²) in [6.07, 6.45) is 18.6. The number of rotatable bonds is 31. The van der Waals surface area contributed by atoms with E-state index in [9.17, 15) is 9.59 Å². The zero-order valence-corrected chi connectivity index (χ0v) is 64.6. The van der Waals surface area contributed by atoms with Gasteiger partial charge in [0.15, 0.2) is 11.6 Å². The molecule has 2 aromatic carbocycles. The number of amides is 4. The second-order valence-corrected chi connectivity index (χ2v) is 36.2. The molecule has 506 valence electrons. The monoisotopic (exact) mass is 1480 g/mol. The van der Waals surface area contributed by atoms with Crippen LogP contribution < -0.4 is 0 Å². The molecule has 10 heterocycles. The minimum Gasteiger partial charge on any atom is -0.274 e. The molecule has 2 aliphatic rings. The molecule has 0 bridgehead atoms. The molecule has 2 aliphatic heterocycles. The molecule has 4 atom stereocenters. The van der Waals surface area contributed by atoms with Crippen LogP contribution >= 0.6 is 114 Å². The molecule has 0 N–H and O–H groups in total. The van der Waals surface area contributed by atoms with Crippen LogP contribution in [-0.2, 0) is 12.8 Å². The quantitative estimate of drug-likeness (QED) is 0.0406. The van der Waals surface area contributed by atoms with Crippen LogP contribution in [0.4, 0.5) is 8.78 Å². The van der Waals surface area contributed by atoms with Gasteiger partial charge in [0.25, 0.3) is 23.6 Å². The maximum atomic E-state index is 17.0. The lowest BCUT2D eigenvalue weighted by Crippen LogP contribution is -2.34. The molecule has 0 spiro atoms. The summed E-state index contributed by atoms with van der Waals surface area (Å²) in [5.41, 5.74) is 4.01. The van der Waals surface area contributed by atoms with Gasteiger partial charge in [-0.15, -0.1) is 90.7 Å². The number of imide groups is 2. The first kappa shape index (κ1) is 71.1. The second-order valence-electron chi connectivity index (χ2n) is 26.3. The van der Waals surface area contributed by atoms with Gasteiger partial charge in [-0.05, 0) is 124 Å². The fraction of sp³-hybridized carbons (Fsp3) is 0.436. The van der Waals surface area contributed by atoms with Crippen molar-refractivity contribution < 1.29 is 28.0 Å². The van der Waals surface area contributed by atoms with E-state index in [0.29, 0.717) is 81.3 Å². The number of hydrogen-bond donors (Lipinski definition) is 0. The lowest BCUT2D eigenvalue weighted by molar-refractivity contribution is 0.0609. The van der Waals surface area contributed by atoms with E-state index in [1.807, 2.05) is 19.1 Å². The van der Waals surface area contributed by atoms with Gasteiger partial charge >= 0.3 is 0 Å². The number of hydrogen-bond acceptors (Lipinski definition) is 12. The third-order valence-corrected chi connectivity index (χ3v) is 30.5. The lowest BCUT2D eigenvalue weighted by atomic mass is 9.95. The fourth-order valence-corrected chi connectivity index (χ4v) is 24.6. The molecule has 8 aromatic heterocycles. The molecule has 12 rings (SSSR count). The molecule has 96 heavy (non-hydrogen) atoms. The Labute approximate surface area is 606 Å². The molecule has 0 radical (unpaired) electrons. The summed E-state index contributed by atoms with van der Waals surface area (Å²) in [7, 11) is 0. The van der Waals surface area contributed by atoms with Gasteiger partial charge in [-0.3, -0.25) is 29.0 Å². The third-order valence-electron chi connectivity index (χ3n) is 19.9. The number of benzene rings is 2. The molecule has 0 saturated heterocycles. The van der Waals surface area contributed by atoms with Crippen LogP contribution in [0.1, 0.15) is 219 Å². The van der Waals surface area contributed by atoms with Gasteiger partial charge in [-0.25, -0.2) is 8.78 Å². The number of fused-ring (bicyclic) bond motifs is 4. The minimum absolute atomic E-state index is 0.0782. The van der Waals surface area contributed by atoms with Crippen molar-refractivity contribution in [2.24, 2.45) is 23.7 Å². The Balaban J connectivity index is 0.957. The molecule has 4 amide bonds. The van der Waals surface area contributed by atoms with E-state index < -0.39 is 11.6 Å². The first-order valence-corrected chi connectivity index (χ1v) is 42.0. The smallest absolute Gasteiger partial charge is 0.263 e. The van der Waals surface area contributed by atoms with E-state index in [4.69, 9.17) is 23.2 Å². The van der Waals surface area contributed by atoms with Crippen LogP contribution in [0.5, 0.6) is 0 Å². The Morgan fingerprint density at radius 2 is 0.781 bits per heavy atom. The molecule has 18 heteroatoms. The van der Waals surface area contributed by atoms with Crippen molar-refractivity contribution in [2.45, 2.75) is 185 Å². The molecule has 6 nitrogen and oxygen atoms in total. The molecular weight excluding hydrogens is 1390 g/mol. The van der Waals surface area contributed by atoms with Crippen molar-refractivity contribution in [2.75, 3.05) is 13.1 Å². The predicted molar refractivity (Wildman–Crippen MR) is 413 cm³/mol. The number of unbranched alkanes of at least 4 members (excludes halogenated alkanes) is 4. The highest BCUT2D eigenvalue weighted by atomic mass is 35.5. The van der Waals surface area contributed by atoms with E-state index in [0.717, 1.165) is 159 Å². The Morgan fingerprint density at radius 1 is 0.396 bits per heavy atom. The molecule has 0 aliphatic carbocycles. The van der Waals surface area contributed by atoms with E-state index in [1.54, 1.807) is 69.6 Å². The predicted octanol–water partition coefficient (Wildman–Crippen LogP) is 27.5. The van der Waals surface area contributed by atoms with Gasteiger partial charge in [0.05, 0.1) is 46.9 Å². The van der Waals surface area contributed by atoms with Crippen molar-refractivity contribution in [3.63, 3.8) is 0 Å². The number of carbonyl (C=O) groups is 4. The standard InChI is InChI=1S/C78H84Cl2F2N2O4S8/c1-11-19-23-43(15-5)34-57-51(79)37-59(93-57)63-49-33-41(9)89-70(49)64(60-38-52(80)58(94-60)35-44(16-6)24-20-12-2)50-36-61(95-71(50)63)74-67-66(77(87)84(78(67)88)40-46(18-8)26-22-14-4)73(96-74)56-32-30-54(92-56)48-28-27-47(68(81)69(48)82)53-29-31-55(91-53)72-65-62(42(10)90-72)75(85)83(76(65)86)39-45(17-7)25-21-13-3/h27-33,36-38,43-46H,11-26,34-35,39-40H2,1-10H3. The maximum absolute atomic E-state index is 17.0. The molecule has 0 saturated carbocycles. The summed E-state index contributed by atoms with van der Waals surface area (Å²) < 4.78 is 36.1. The third kappa shape index (κ3) is 13.6. The van der Waals surface area contributed by atoms with Gasteiger partial charge < -0.3 is 0 Å². The number of aryl methyl sites for hydroxylation is 2. The average molecular weight is 1480 g/mol. The van der Waals surface area contributed by atoms with E-state index >= 15 is 18.4 Å². The summed E-state index contributed by atoms with van der Waals surface area (Å²) >= 11 is 27.1. The van der Waals surface area contributed by atoms with E-state index in [1.165, 1.54) is 87.3 Å². The highest BCUT2D eigenvalue weighted by Crippen LogP contribution is 2.58. The molecule has 4 unspecified atom stereocenters. The average Bonchev–Trinajstić information content (AvgIpc) is 1.55. The van der Waals surface area contributed by atoms with Crippen molar-refractivity contribution >= 4 is 158 Å². The van der Waals surface area contributed by atoms with E-state index in [2.05, 4.69) is 86.6 Å². The topological polar surface area (TPSA) is 74.8 Å². The molecular formula is C78H84Cl2F2N2O4S8. The number of thiophene rings is 8. The summed E-state index contributed by atoms with van der Waals surface area (Å²) in [6.45, 7) is 22.3. The highest BCUT2D eigenvalue weighted by molar-refractivity contribution is 7.30. The van der Waals surface area contributed by atoms with Gasteiger partial charge in [0, 0.05) is 109 Å². The van der Waals surface area contributed by atoms with Gasteiger partial charge in [0.2, 0.25) is 0 Å². The Morgan fingerprint density at radius 3 is 1.23 bits per heavy atom. The number of nitrogens with zero attached hydrogens (tertiary/aromatic N) is 2. The Hall–Kier alpha value is -4.72. The summed E-state index contributed by atoms with van der Waals surface area (Å²) in [4.78, 5) is 73.4. The summed E-state index contributed by atoms with van der Waals surface area (Å²) in [5.74, 6) is -1.79. The largest absolute Gasteiger partial charge is 0.274 e. The Bertz CT molecular complexity index is 4450. The first-order chi connectivity index (χ1) is 46.4. The van der Waals surface area contributed by atoms with Gasteiger partial charge in [-0.2, -0.15) is 0 Å². The zero-order chi connectivity index (χ0) is 68.0. The van der Waals surface area contributed by atoms with Gasteiger partial charge in [0.1, 0.15) is 0 Å². The van der Waals surface area contributed by atoms with Crippen LogP contribution in [-0.4, -0.2) is 46.5 Å². The minimum atomic E-state index is -1.01. The Kier molecular flexibility index (Phi) is 22.7. The van der Waals surface area contributed by atoms with Crippen LogP contribution in [0.25, 0.3) is 91.2 Å². The maximum Gasteiger partial charge on any atom is 0.263 e. The lowest BCUT2D eigenvalue weighted by Gasteiger charge is -2.21. The molecule has 10 aromatic rings. The zero-order valence-electron chi connectivity index (χ0n) is 56.5. The van der Waals surface area contributed by atoms with Crippen molar-refractivity contribution in [3.05, 3.63) is 124 Å². The number of halogens is 4. The van der Waals surface area contributed by atoms with E-state index in [-0.39, 0.29) is 46.6 Å². The first-order valence-electron chi connectivity index (χ1n) is 34.7. The van der Waals surface area contributed by atoms with Crippen molar-refractivity contribution in [3.8, 4) is 71.0 Å².